The molecule has 0 aliphatic carbocycles. The van der Waals surface area contributed by atoms with E-state index in [1.165, 1.54) is 0 Å². The van der Waals surface area contributed by atoms with Crippen LogP contribution in [-0.4, -0.2) is 47.8 Å². The summed E-state index contributed by atoms with van der Waals surface area (Å²) in [6, 6.07) is 0. The van der Waals surface area contributed by atoms with E-state index in [4.69, 9.17) is 95.0 Å². The minimum Gasteiger partial charge on any atom is -0.470 e. The fourth-order valence-electron chi connectivity index (χ4n) is 0.958. The monoisotopic (exact) mass is 474 g/mol. The van der Waals surface area contributed by atoms with Gasteiger partial charge in [-0.05, 0) is 9.45 Å². The number of aromatic nitrogens is 3. The second kappa shape index (κ2) is 9.44. The van der Waals surface area contributed by atoms with Gasteiger partial charge in [-0.3, -0.25) is 0 Å². The van der Waals surface area contributed by atoms with Crippen molar-refractivity contribution >= 4 is 92.2 Å². The quantitative estimate of drug-likeness (QED) is 0.456. The summed E-state index contributed by atoms with van der Waals surface area (Å²) in [4.78, 5) is 6.27. The third-order valence-electron chi connectivity index (χ3n) is 1.63. The van der Waals surface area contributed by atoms with Gasteiger partial charge in [0, 0.05) is 0 Å². The molecule has 1 heterocycles. The molecule has 0 radical (unpaired) electrons. The van der Waals surface area contributed by atoms with Gasteiger partial charge in [0.15, 0.2) is 6.61 Å². The van der Waals surface area contributed by atoms with Gasteiger partial charge in [-0.15, -0.1) is 15.8 Å². The summed E-state index contributed by atoms with van der Waals surface area (Å²) in [5, 5.41) is 4.27. The molecule has 0 bridgehead atoms. The van der Waals surface area contributed by atoms with Crippen molar-refractivity contribution in [2.45, 2.75) is 7.59 Å². The molecule has 0 saturated carbocycles. The fourth-order valence-corrected chi connectivity index (χ4v) is 2.45. The van der Waals surface area contributed by atoms with Gasteiger partial charge in [0.25, 0.3) is 22.2 Å². The van der Waals surface area contributed by atoms with Crippen molar-refractivity contribution in [3.63, 3.8) is 0 Å². The van der Waals surface area contributed by atoms with Crippen molar-refractivity contribution in [3.8, 4) is 5.88 Å². The van der Waals surface area contributed by atoms with Crippen molar-refractivity contribution in [3.05, 3.63) is 5.38 Å². The van der Waals surface area contributed by atoms with Crippen LogP contribution >= 0.6 is 92.2 Å². The highest BCUT2D eigenvalue weighted by Gasteiger charge is 2.24. The first-order chi connectivity index (χ1) is 10.1. The maximum atomic E-state index is 5.62. The molecule has 0 aliphatic heterocycles. The molecule has 0 aliphatic rings. The van der Waals surface area contributed by atoms with E-state index in [9.17, 15) is 0 Å². The molecule has 0 fully saturated rings. The lowest BCUT2D eigenvalue weighted by Crippen LogP contribution is -2.27. The summed E-state index contributed by atoms with van der Waals surface area (Å²) in [6.07, 6.45) is 0. The van der Waals surface area contributed by atoms with Crippen LogP contribution in [0.2, 0.25) is 0 Å². The van der Waals surface area contributed by atoms with Crippen LogP contribution in [-0.2, 0) is 0 Å². The Morgan fingerprint density at radius 3 is 2.27 bits per heavy atom. The van der Waals surface area contributed by atoms with Gasteiger partial charge in [-0.25, -0.2) is 5.10 Å². The predicted octanol–water partition coefficient (Wildman–Crippen LogP) is 4.23. The molecule has 1 aromatic heterocycles. The van der Waals surface area contributed by atoms with Crippen molar-refractivity contribution in [1.29, 1.82) is 0 Å². The smallest absolute Gasteiger partial charge is 0.270 e. The molecule has 0 saturated heterocycles. The van der Waals surface area contributed by atoms with E-state index >= 15 is 0 Å². The topological polar surface area (TPSA) is 64.2 Å². The molecule has 22 heavy (non-hydrogen) atoms. The number of H-pyrrole nitrogens is 2. The maximum Gasteiger partial charge on any atom is 0.270 e. The normalized spacial score (nSPS) is 13.1. The van der Waals surface area contributed by atoms with E-state index in [1.54, 1.807) is 5.38 Å². The number of hydrogen-bond acceptors (Lipinski definition) is 3. The Balaban J connectivity index is 2.85. The van der Waals surface area contributed by atoms with Crippen LogP contribution in [0.3, 0.4) is 0 Å². The standard InChI is InChI=1S/C8H11Cl7N3O3S/c9-1-2-21-22-3-6(19-4-7(10,11)12)16-18(17-22)20-5-8(13,14)15/h3,16-17H,1-2,4-5H2/q+1. The summed E-state index contributed by atoms with van der Waals surface area (Å²) in [5.41, 5.74) is 0. The Labute approximate surface area is 164 Å². The van der Waals surface area contributed by atoms with Gasteiger partial charge in [-0.2, -0.15) is 0 Å². The molecule has 1 unspecified atom stereocenters. The molecule has 6 nitrogen and oxygen atoms in total. The minimum atomic E-state index is -1.60. The molecular weight excluding hydrogens is 466 g/mol. The Hall–Kier alpha value is 0.950. The first kappa shape index (κ1) is 21.0. The van der Waals surface area contributed by atoms with E-state index in [0.29, 0.717) is 12.5 Å². The highest BCUT2D eigenvalue weighted by molar-refractivity contribution is 7.19. The number of hydrogen-bond donors (Lipinski definition) is 2. The Kier molecular flexibility index (Phi) is 9.01. The first-order valence-corrected chi connectivity index (χ1v) is 9.47. The molecule has 2 N–H and O–H groups in total. The number of ether oxygens (including phenoxy) is 1. The minimum absolute atomic E-state index is 0.193. The SMILES string of the molecule is ClCCO[s+]1cc(OCC(Cl)(Cl)Cl)[nH]n(OCC(Cl)(Cl)Cl)[nH]1. The molecule has 14 heteroatoms. The third-order valence-corrected chi connectivity index (χ3v) is 3.64. The number of nitrogens with zero attached hydrogens (tertiary/aromatic N) is 1. The average Bonchev–Trinajstić information content (AvgIpc) is 2.39. The van der Waals surface area contributed by atoms with E-state index in [1.807, 2.05) is 0 Å². The van der Waals surface area contributed by atoms with Crippen LogP contribution in [0.5, 0.6) is 5.88 Å². The number of alkyl halides is 7. The van der Waals surface area contributed by atoms with Crippen LogP contribution in [0, 0.1) is 0 Å². The van der Waals surface area contributed by atoms with E-state index in [0.717, 1.165) is 4.96 Å². The molecule has 0 spiro atoms. The van der Waals surface area contributed by atoms with Gasteiger partial charge in [0.2, 0.25) is 7.59 Å². The first-order valence-electron chi connectivity index (χ1n) is 5.45. The Morgan fingerprint density at radius 2 is 1.73 bits per heavy atom. The molecule has 1 rings (SSSR count). The van der Waals surface area contributed by atoms with Gasteiger partial charge < -0.3 is 9.57 Å². The second-order valence-electron chi connectivity index (χ2n) is 3.58. The highest BCUT2D eigenvalue weighted by Crippen LogP contribution is 2.27. The molecule has 130 valence electrons. The van der Waals surface area contributed by atoms with Crippen molar-refractivity contribution in [2.75, 3.05) is 25.7 Å². The summed E-state index contributed by atoms with van der Waals surface area (Å²) >= 11 is 39.3. The van der Waals surface area contributed by atoms with Crippen molar-refractivity contribution < 1.29 is 13.8 Å². The molecule has 0 aromatic carbocycles. The van der Waals surface area contributed by atoms with Gasteiger partial charge in [-0.1, -0.05) is 69.6 Å². The highest BCUT2D eigenvalue weighted by atomic mass is 35.6. The van der Waals surface area contributed by atoms with Crippen molar-refractivity contribution in [1.82, 2.24) is 14.5 Å². The second-order valence-corrected chi connectivity index (χ2v) is 10.2. The Morgan fingerprint density at radius 1 is 1.09 bits per heavy atom. The fraction of sp³-hybridized carbons (Fsp3) is 0.750. The average molecular weight is 477 g/mol. The summed E-state index contributed by atoms with van der Waals surface area (Å²) in [5.74, 6) is 0.540. The number of rotatable bonds is 7. The number of halogens is 7. The van der Waals surface area contributed by atoms with E-state index in [-0.39, 0.29) is 19.1 Å². The summed E-state index contributed by atoms with van der Waals surface area (Å²) < 4.78 is 10.4. The van der Waals surface area contributed by atoms with E-state index in [2.05, 4.69) is 9.59 Å². The lowest BCUT2D eigenvalue weighted by molar-refractivity contribution is 0.0501. The third kappa shape index (κ3) is 9.95. The summed E-state index contributed by atoms with van der Waals surface area (Å²) in [6.45, 7) is -0.131. The van der Waals surface area contributed by atoms with Crippen LogP contribution in [0.15, 0.2) is 5.38 Å². The predicted molar refractivity (Wildman–Crippen MR) is 92.9 cm³/mol. The molecular formula is C8H11Cl7N3O3S+. The molecule has 1 atom stereocenters. The lowest BCUT2D eigenvalue weighted by Gasteiger charge is -2.14. The number of aromatic amines is 2. The van der Waals surface area contributed by atoms with Crippen LogP contribution in [0.1, 0.15) is 0 Å². The summed E-state index contributed by atoms with van der Waals surface area (Å²) in [7, 11) is -0.903. The van der Waals surface area contributed by atoms with Gasteiger partial charge in [0.05, 0.1) is 5.88 Å². The van der Waals surface area contributed by atoms with Crippen LogP contribution in [0.4, 0.5) is 0 Å². The largest absolute Gasteiger partial charge is 0.470 e. The zero-order valence-electron chi connectivity index (χ0n) is 10.6. The molecule has 0 amide bonds. The van der Waals surface area contributed by atoms with Crippen LogP contribution < -0.4 is 13.8 Å². The Bertz CT molecular complexity index is 449. The van der Waals surface area contributed by atoms with Crippen LogP contribution in [0.25, 0.3) is 0 Å². The lowest BCUT2D eigenvalue weighted by atomic mass is 10.8. The molecule has 1 aromatic rings. The maximum absolute atomic E-state index is 5.62. The zero-order chi connectivity index (χ0) is 16.8. The van der Waals surface area contributed by atoms with Gasteiger partial charge in [0.1, 0.15) is 13.2 Å². The number of nitrogens with one attached hydrogen (secondary N) is 2. The zero-order valence-corrected chi connectivity index (χ0v) is 16.7. The van der Waals surface area contributed by atoms with Gasteiger partial charge >= 0.3 is 0 Å². The van der Waals surface area contributed by atoms with E-state index < -0.39 is 18.5 Å². The van der Waals surface area contributed by atoms with Crippen molar-refractivity contribution in [2.24, 2.45) is 0 Å².